The highest BCUT2D eigenvalue weighted by Crippen LogP contribution is 2.53. The van der Waals surface area contributed by atoms with Gasteiger partial charge in [0.05, 0.1) is 11.6 Å². The van der Waals surface area contributed by atoms with Crippen molar-refractivity contribution in [1.29, 1.82) is 0 Å². The van der Waals surface area contributed by atoms with Crippen molar-refractivity contribution in [1.82, 2.24) is 9.80 Å². The predicted molar refractivity (Wildman–Crippen MR) is 158 cm³/mol. The van der Waals surface area contributed by atoms with Gasteiger partial charge in [-0.3, -0.25) is 24.2 Å². The Morgan fingerprint density at radius 2 is 1.73 bits per heavy atom. The molecule has 2 aromatic rings. The first kappa shape index (κ1) is 30.0. The largest absolute Gasteiger partial charge is 0.508 e. The van der Waals surface area contributed by atoms with Crippen molar-refractivity contribution < 1.29 is 39.2 Å². The number of likely N-dealkylation sites (N-methyl/N-ethyl adjacent to an activating group) is 2. The van der Waals surface area contributed by atoms with Crippen LogP contribution in [0.1, 0.15) is 41.2 Å². The number of carbonyl (C=O) groups is 3. The molecule has 0 aliphatic heterocycles. The summed E-state index contributed by atoms with van der Waals surface area (Å²) in [4.78, 5) is 42.9. The number of halogens is 1. The highest BCUT2D eigenvalue weighted by atomic mass is 19.1. The number of rotatable bonds is 6. The number of primary amides is 1. The second-order valence-corrected chi connectivity index (χ2v) is 12.6. The molecule has 1 amide bonds. The van der Waals surface area contributed by atoms with E-state index in [4.69, 9.17) is 5.73 Å². The number of Topliss-reactive ketones (excluding diaryl/α,β-unsaturated/α-hetero) is 2. The lowest BCUT2D eigenvalue weighted by Gasteiger charge is -2.50. The van der Waals surface area contributed by atoms with Gasteiger partial charge in [-0.25, -0.2) is 4.39 Å². The molecule has 6 rings (SSSR count). The van der Waals surface area contributed by atoms with E-state index in [1.54, 1.807) is 0 Å². The SMILES string of the molecule is CCN(Cc1cc(O)c2c(c1F)C[C@H]1C[C@H]3[C@H](N(C)C)C(=O)C(C(N)=O)=C(O)[C@@]3(O)C(=O)C1=C2O)C1Cc2ccccc2C1. The van der Waals surface area contributed by atoms with Crippen LogP contribution in [-0.2, 0) is 40.2 Å². The minimum Gasteiger partial charge on any atom is -0.508 e. The van der Waals surface area contributed by atoms with Gasteiger partial charge in [0.1, 0.15) is 28.7 Å². The normalized spacial score (nSPS) is 26.7. The molecule has 0 bridgehead atoms. The van der Waals surface area contributed by atoms with Gasteiger partial charge in [-0.2, -0.15) is 0 Å². The van der Waals surface area contributed by atoms with E-state index in [0.29, 0.717) is 6.54 Å². The number of amides is 1. The molecule has 0 saturated heterocycles. The standard InChI is InChI=1S/C33H36FN3O7/c1-4-37(19-9-15-7-5-6-8-16(15)10-19)14-18-13-22(38)24-20(26(18)34)11-17-12-21-27(36(2)3)29(40)25(32(35)43)31(42)33(21,44)30(41)23(17)28(24)39/h5-8,13,17,19,21,27,38-39,42,44H,4,9-12,14H2,1-3H3,(H2,35,43)/t17-,21-,27-,33-/m0/s1. The quantitative estimate of drug-likeness (QED) is 0.310. The molecule has 2 aromatic carbocycles. The highest BCUT2D eigenvalue weighted by Gasteiger charge is 2.64. The van der Waals surface area contributed by atoms with E-state index in [1.807, 2.05) is 19.1 Å². The van der Waals surface area contributed by atoms with E-state index in [-0.39, 0.29) is 47.7 Å². The van der Waals surface area contributed by atoms with Crippen molar-refractivity contribution in [3.63, 3.8) is 0 Å². The van der Waals surface area contributed by atoms with Crippen LogP contribution in [0.5, 0.6) is 5.75 Å². The lowest BCUT2D eigenvalue weighted by Crippen LogP contribution is -2.65. The average molecular weight is 606 g/mol. The summed E-state index contributed by atoms with van der Waals surface area (Å²) < 4.78 is 16.3. The Labute approximate surface area is 253 Å². The van der Waals surface area contributed by atoms with E-state index in [1.165, 1.54) is 36.2 Å². The van der Waals surface area contributed by atoms with Crippen molar-refractivity contribution in [3.05, 3.63) is 80.9 Å². The number of hydrogen-bond donors (Lipinski definition) is 5. The summed E-state index contributed by atoms with van der Waals surface area (Å²) in [6, 6.07) is 8.40. The maximum absolute atomic E-state index is 16.3. The van der Waals surface area contributed by atoms with Crippen molar-refractivity contribution in [2.24, 2.45) is 17.6 Å². The number of phenols is 1. The summed E-state index contributed by atoms with van der Waals surface area (Å²) in [6.07, 6.45) is 1.46. The third-order valence-electron chi connectivity index (χ3n) is 10.1. The van der Waals surface area contributed by atoms with Gasteiger partial charge >= 0.3 is 0 Å². The van der Waals surface area contributed by atoms with Crippen LogP contribution < -0.4 is 5.73 Å². The van der Waals surface area contributed by atoms with Gasteiger partial charge < -0.3 is 26.2 Å². The zero-order chi connectivity index (χ0) is 31.8. The Morgan fingerprint density at radius 1 is 1.09 bits per heavy atom. The number of benzene rings is 2. The summed E-state index contributed by atoms with van der Waals surface area (Å²) in [6.45, 7) is 2.86. The number of aliphatic hydroxyl groups is 3. The molecule has 6 N–H and O–H groups in total. The highest BCUT2D eigenvalue weighted by molar-refractivity contribution is 6.24. The number of hydrogen-bond acceptors (Lipinski definition) is 9. The van der Waals surface area contributed by atoms with Crippen molar-refractivity contribution in [2.75, 3.05) is 20.6 Å². The number of phenolic OH excluding ortho intramolecular Hbond substituents is 1. The Kier molecular flexibility index (Phi) is 7.18. The fraction of sp³-hybridized carbons (Fsp3) is 0.424. The summed E-state index contributed by atoms with van der Waals surface area (Å²) in [5.41, 5.74) is 3.99. The van der Waals surface area contributed by atoms with Gasteiger partial charge in [0.2, 0.25) is 5.78 Å². The molecular weight excluding hydrogens is 569 g/mol. The van der Waals surface area contributed by atoms with E-state index < -0.39 is 69.6 Å². The number of fused-ring (bicyclic) bond motifs is 4. The van der Waals surface area contributed by atoms with Crippen LogP contribution in [0.25, 0.3) is 5.76 Å². The topological polar surface area (TPSA) is 165 Å². The van der Waals surface area contributed by atoms with Gasteiger partial charge in [-0.05, 0) is 69.4 Å². The molecule has 0 aromatic heterocycles. The average Bonchev–Trinajstić information content (AvgIpc) is 3.39. The van der Waals surface area contributed by atoms with E-state index in [2.05, 4.69) is 17.0 Å². The summed E-state index contributed by atoms with van der Waals surface area (Å²) in [5, 5.41) is 45.1. The van der Waals surface area contributed by atoms with E-state index in [0.717, 1.165) is 12.8 Å². The summed E-state index contributed by atoms with van der Waals surface area (Å²) in [5.74, 6) is -8.22. The number of carbonyl (C=O) groups excluding carboxylic acids is 3. The van der Waals surface area contributed by atoms with Gasteiger partial charge in [-0.1, -0.05) is 31.2 Å². The van der Waals surface area contributed by atoms with Crippen LogP contribution in [0, 0.1) is 17.7 Å². The number of nitrogens with zero attached hydrogens (tertiary/aromatic N) is 2. The van der Waals surface area contributed by atoms with Gasteiger partial charge in [-0.15, -0.1) is 0 Å². The van der Waals surface area contributed by atoms with E-state index in [9.17, 15) is 34.8 Å². The Balaban J connectivity index is 1.40. The summed E-state index contributed by atoms with van der Waals surface area (Å²) >= 11 is 0. The van der Waals surface area contributed by atoms with Crippen LogP contribution in [0.2, 0.25) is 0 Å². The summed E-state index contributed by atoms with van der Waals surface area (Å²) in [7, 11) is 3.06. The van der Waals surface area contributed by atoms with Gasteiger partial charge in [0.25, 0.3) is 5.91 Å². The molecule has 232 valence electrons. The van der Waals surface area contributed by atoms with E-state index >= 15 is 4.39 Å². The predicted octanol–water partition coefficient (Wildman–Crippen LogP) is 2.09. The number of aromatic hydroxyl groups is 1. The molecule has 0 radical (unpaired) electrons. The molecule has 1 saturated carbocycles. The van der Waals surface area contributed by atoms with Crippen molar-refractivity contribution in [2.45, 2.75) is 56.8 Å². The third kappa shape index (κ3) is 4.21. The molecule has 44 heavy (non-hydrogen) atoms. The van der Waals surface area contributed by atoms with Crippen molar-refractivity contribution in [3.8, 4) is 5.75 Å². The lowest BCUT2D eigenvalue weighted by molar-refractivity contribution is -0.153. The van der Waals surface area contributed by atoms with Crippen LogP contribution in [-0.4, -0.2) is 86.0 Å². The molecule has 10 nitrogen and oxygen atoms in total. The Morgan fingerprint density at radius 3 is 2.30 bits per heavy atom. The zero-order valence-corrected chi connectivity index (χ0v) is 24.8. The van der Waals surface area contributed by atoms with Crippen molar-refractivity contribution >= 4 is 23.2 Å². The first-order valence-electron chi connectivity index (χ1n) is 14.8. The number of nitrogens with two attached hydrogens (primary N) is 1. The zero-order valence-electron chi connectivity index (χ0n) is 24.8. The molecule has 0 unspecified atom stereocenters. The molecule has 0 spiro atoms. The monoisotopic (exact) mass is 605 g/mol. The van der Waals surface area contributed by atoms with Crippen LogP contribution in [0.3, 0.4) is 0 Å². The second kappa shape index (κ2) is 10.5. The molecule has 4 atom stereocenters. The van der Waals surface area contributed by atoms with Crippen LogP contribution in [0.15, 0.2) is 47.2 Å². The maximum atomic E-state index is 16.3. The fourth-order valence-electron chi connectivity index (χ4n) is 7.97. The molecule has 4 aliphatic rings. The maximum Gasteiger partial charge on any atom is 0.255 e. The minimum atomic E-state index is -2.74. The Bertz CT molecular complexity index is 1660. The smallest absolute Gasteiger partial charge is 0.255 e. The van der Waals surface area contributed by atoms with Crippen LogP contribution in [0.4, 0.5) is 4.39 Å². The van der Waals surface area contributed by atoms with Gasteiger partial charge in [0, 0.05) is 35.2 Å². The first-order valence-corrected chi connectivity index (χ1v) is 14.8. The molecule has 4 aliphatic carbocycles. The third-order valence-corrected chi connectivity index (χ3v) is 10.1. The molecule has 0 heterocycles. The minimum absolute atomic E-state index is 0.0383. The second-order valence-electron chi connectivity index (χ2n) is 12.6. The van der Waals surface area contributed by atoms with Gasteiger partial charge in [0.15, 0.2) is 11.4 Å². The molecule has 11 heteroatoms. The first-order chi connectivity index (χ1) is 20.8. The number of aliphatic hydroxyl groups excluding tert-OH is 2. The fourth-order valence-corrected chi connectivity index (χ4v) is 7.97. The molecular formula is C33H36FN3O7. The lowest BCUT2D eigenvalue weighted by atomic mass is 9.57. The molecule has 1 fully saturated rings. The number of ketones is 2. The Hall–Kier alpha value is -4.06. The van der Waals surface area contributed by atoms with Crippen LogP contribution >= 0.6 is 0 Å².